The molecule has 1 fully saturated rings. The Morgan fingerprint density at radius 2 is 2.26 bits per heavy atom. The van der Waals surface area contributed by atoms with Gasteiger partial charge in [0.2, 0.25) is 5.91 Å². The molecule has 3 aromatic rings. The first-order valence-electron chi connectivity index (χ1n) is 10.3. The van der Waals surface area contributed by atoms with Crippen molar-refractivity contribution in [3.05, 3.63) is 53.0 Å². The molecule has 0 radical (unpaired) electrons. The first kappa shape index (κ1) is 21.6. The Kier molecular flexibility index (Phi) is 6.72. The van der Waals surface area contributed by atoms with E-state index in [4.69, 9.17) is 4.42 Å². The van der Waals surface area contributed by atoms with E-state index in [1.54, 1.807) is 0 Å². The second kappa shape index (κ2) is 9.65. The van der Waals surface area contributed by atoms with Gasteiger partial charge in [-0.1, -0.05) is 6.92 Å². The van der Waals surface area contributed by atoms with Crippen molar-refractivity contribution < 1.29 is 18.0 Å². The molecule has 4 rings (SSSR count). The number of likely N-dealkylation sites (tertiary alicyclic amines) is 1. The molecule has 2 aromatic heterocycles. The lowest BCUT2D eigenvalue weighted by Crippen LogP contribution is -2.33. The summed E-state index contributed by atoms with van der Waals surface area (Å²) < 4.78 is 32.4. The smallest absolute Gasteiger partial charge is 0.226 e. The van der Waals surface area contributed by atoms with E-state index in [1.165, 1.54) is 36.4 Å². The number of carbonyl (C=O) groups excluding carboxylic acids is 1. The van der Waals surface area contributed by atoms with Gasteiger partial charge >= 0.3 is 0 Å². The SMILES string of the molecule is CC1CCCN(Cc2csc(NC(=O)CCc3ncc(-c4ccc(F)cc4F)o3)n2)C1. The first-order valence-corrected chi connectivity index (χ1v) is 11.2. The highest BCUT2D eigenvalue weighted by Crippen LogP contribution is 2.25. The molecule has 3 heterocycles. The van der Waals surface area contributed by atoms with Crippen LogP contribution in [0.2, 0.25) is 0 Å². The number of thiazole rings is 1. The van der Waals surface area contributed by atoms with Crippen LogP contribution in [0.15, 0.2) is 34.2 Å². The highest BCUT2D eigenvalue weighted by Gasteiger charge is 2.18. The molecule has 1 N–H and O–H groups in total. The molecule has 0 spiro atoms. The fourth-order valence-electron chi connectivity index (χ4n) is 3.74. The van der Waals surface area contributed by atoms with Gasteiger partial charge in [0.05, 0.1) is 17.5 Å². The molecule has 31 heavy (non-hydrogen) atoms. The number of aromatic nitrogens is 2. The van der Waals surface area contributed by atoms with Gasteiger partial charge in [0.1, 0.15) is 11.6 Å². The lowest BCUT2D eigenvalue weighted by Gasteiger charge is -2.30. The Labute approximate surface area is 183 Å². The highest BCUT2D eigenvalue weighted by molar-refractivity contribution is 7.13. The summed E-state index contributed by atoms with van der Waals surface area (Å²) in [6.45, 7) is 5.24. The van der Waals surface area contributed by atoms with Crippen LogP contribution in [0.1, 0.15) is 37.8 Å². The highest BCUT2D eigenvalue weighted by atomic mass is 32.1. The quantitative estimate of drug-likeness (QED) is 0.560. The molecule has 1 atom stereocenters. The maximum Gasteiger partial charge on any atom is 0.226 e. The zero-order valence-corrected chi connectivity index (χ0v) is 18.1. The Morgan fingerprint density at radius 1 is 1.39 bits per heavy atom. The van der Waals surface area contributed by atoms with E-state index in [0.29, 0.717) is 16.9 Å². The van der Waals surface area contributed by atoms with Crippen molar-refractivity contribution in [1.82, 2.24) is 14.9 Å². The van der Waals surface area contributed by atoms with Crippen LogP contribution in [-0.2, 0) is 17.8 Å². The standard InChI is InChI=1S/C22H24F2N4O2S/c1-14-3-2-8-28(11-14)12-16-13-31-22(26-16)27-20(29)6-7-21-25-10-19(30-21)17-5-4-15(23)9-18(17)24/h4-5,9-10,13-14H,2-3,6-8,11-12H2,1H3,(H,26,27,29). The monoisotopic (exact) mass is 446 g/mol. The average Bonchev–Trinajstić information content (AvgIpc) is 3.36. The minimum atomic E-state index is -0.723. The fourth-order valence-corrected chi connectivity index (χ4v) is 4.46. The second-order valence-electron chi connectivity index (χ2n) is 7.92. The van der Waals surface area contributed by atoms with Crippen molar-refractivity contribution in [2.75, 3.05) is 18.4 Å². The van der Waals surface area contributed by atoms with Crippen LogP contribution in [-0.4, -0.2) is 33.9 Å². The molecule has 1 unspecified atom stereocenters. The predicted octanol–water partition coefficient (Wildman–Crippen LogP) is 4.88. The Hall–Kier alpha value is -2.65. The Morgan fingerprint density at radius 3 is 3.06 bits per heavy atom. The number of piperidine rings is 1. The molecule has 1 aliphatic rings. The summed E-state index contributed by atoms with van der Waals surface area (Å²) in [4.78, 5) is 23.3. The number of benzene rings is 1. The molecule has 0 saturated carbocycles. The summed E-state index contributed by atoms with van der Waals surface area (Å²) in [5.74, 6) is -0.355. The lowest BCUT2D eigenvalue weighted by molar-refractivity contribution is -0.116. The van der Waals surface area contributed by atoms with Crippen molar-refractivity contribution in [3.63, 3.8) is 0 Å². The van der Waals surface area contributed by atoms with Crippen LogP contribution in [0, 0.1) is 17.6 Å². The molecule has 1 amide bonds. The van der Waals surface area contributed by atoms with E-state index in [2.05, 4.69) is 27.1 Å². The van der Waals surface area contributed by atoms with Gasteiger partial charge in [-0.3, -0.25) is 9.69 Å². The van der Waals surface area contributed by atoms with E-state index < -0.39 is 11.6 Å². The van der Waals surface area contributed by atoms with Gasteiger partial charge in [-0.05, 0) is 37.4 Å². The molecule has 0 aliphatic carbocycles. The Balaban J connectivity index is 1.27. The normalized spacial score (nSPS) is 17.1. The third-order valence-electron chi connectivity index (χ3n) is 5.24. The van der Waals surface area contributed by atoms with Gasteiger partial charge < -0.3 is 9.73 Å². The van der Waals surface area contributed by atoms with Crippen molar-refractivity contribution in [3.8, 4) is 11.3 Å². The first-order chi connectivity index (χ1) is 15.0. The number of hydrogen-bond donors (Lipinski definition) is 1. The molecule has 0 bridgehead atoms. The number of rotatable bonds is 7. The topological polar surface area (TPSA) is 71.3 Å². The molecular weight excluding hydrogens is 422 g/mol. The zero-order chi connectivity index (χ0) is 21.8. The van der Waals surface area contributed by atoms with Crippen LogP contribution in [0.4, 0.5) is 13.9 Å². The number of nitrogens with zero attached hydrogens (tertiary/aromatic N) is 3. The van der Waals surface area contributed by atoms with E-state index in [1.807, 2.05) is 5.38 Å². The number of anilines is 1. The summed E-state index contributed by atoms with van der Waals surface area (Å²) in [6, 6.07) is 3.24. The lowest BCUT2D eigenvalue weighted by atomic mass is 10.0. The molecule has 6 nitrogen and oxygen atoms in total. The maximum atomic E-state index is 13.9. The summed E-state index contributed by atoms with van der Waals surface area (Å²) in [5.41, 5.74) is 1.09. The number of carbonyl (C=O) groups is 1. The maximum absolute atomic E-state index is 13.9. The number of hydrogen-bond acceptors (Lipinski definition) is 6. The van der Waals surface area contributed by atoms with Crippen LogP contribution >= 0.6 is 11.3 Å². The molecule has 164 valence electrons. The predicted molar refractivity (Wildman–Crippen MR) is 115 cm³/mol. The third kappa shape index (κ3) is 5.74. The van der Waals surface area contributed by atoms with Crippen molar-refractivity contribution >= 4 is 22.4 Å². The van der Waals surface area contributed by atoms with Crippen LogP contribution < -0.4 is 5.32 Å². The van der Waals surface area contributed by atoms with Gasteiger partial charge in [0, 0.05) is 37.4 Å². The number of oxazole rings is 1. The number of amides is 1. The summed E-state index contributed by atoms with van der Waals surface area (Å²) in [6.07, 6.45) is 4.28. The van der Waals surface area contributed by atoms with Crippen molar-refractivity contribution in [1.29, 1.82) is 0 Å². The molecule has 9 heteroatoms. The van der Waals surface area contributed by atoms with Gasteiger partial charge in [-0.2, -0.15) is 0 Å². The number of aryl methyl sites for hydroxylation is 1. The minimum Gasteiger partial charge on any atom is -0.441 e. The van der Waals surface area contributed by atoms with Crippen LogP contribution in [0.25, 0.3) is 11.3 Å². The van der Waals surface area contributed by atoms with Crippen LogP contribution in [0.5, 0.6) is 0 Å². The van der Waals surface area contributed by atoms with Gasteiger partial charge in [0.25, 0.3) is 0 Å². The van der Waals surface area contributed by atoms with Crippen molar-refractivity contribution in [2.45, 2.75) is 39.2 Å². The average molecular weight is 447 g/mol. The number of nitrogens with one attached hydrogen (secondary N) is 1. The van der Waals surface area contributed by atoms with E-state index >= 15 is 0 Å². The van der Waals surface area contributed by atoms with Crippen LogP contribution in [0.3, 0.4) is 0 Å². The van der Waals surface area contributed by atoms with Gasteiger partial charge in [0.15, 0.2) is 16.8 Å². The van der Waals surface area contributed by atoms with E-state index in [9.17, 15) is 13.6 Å². The number of halogens is 2. The Bertz CT molecular complexity index is 1050. The van der Waals surface area contributed by atoms with Gasteiger partial charge in [-0.25, -0.2) is 18.7 Å². The minimum absolute atomic E-state index is 0.128. The van der Waals surface area contributed by atoms with E-state index in [-0.39, 0.29) is 30.1 Å². The summed E-state index contributed by atoms with van der Waals surface area (Å²) >= 11 is 1.41. The summed E-state index contributed by atoms with van der Waals surface area (Å²) in [5, 5.41) is 5.37. The fraction of sp³-hybridized carbons (Fsp3) is 0.409. The zero-order valence-electron chi connectivity index (χ0n) is 17.2. The van der Waals surface area contributed by atoms with Crippen molar-refractivity contribution in [2.24, 2.45) is 5.92 Å². The molecule has 1 aliphatic heterocycles. The second-order valence-corrected chi connectivity index (χ2v) is 8.78. The van der Waals surface area contributed by atoms with E-state index in [0.717, 1.165) is 37.5 Å². The molecular formula is C22H24F2N4O2S. The largest absolute Gasteiger partial charge is 0.441 e. The molecule has 1 saturated heterocycles. The molecule has 1 aromatic carbocycles. The third-order valence-corrected chi connectivity index (χ3v) is 6.05. The summed E-state index contributed by atoms with van der Waals surface area (Å²) in [7, 11) is 0. The van der Waals surface area contributed by atoms with Gasteiger partial charge in [-0.15, -0.1) is 11.3 Å².